The number of nitrogens with zero attached hydrogens (tertiary/aromatic N) is 1. The Morgan fingerprint density at radius 3 is 2.88 bits per heavy atom. The summed E-state index contributed by atoms with van der Waals surface area (Å²) in [6.07, 6.45) is 4.65. The molecule has 3 nitrogen and oxygen atoms in total. The van der Waals surface area contributed by atoms with Crippen molar-refractivity contribution in [2.45, 2.75) is 25.9 Å². The first-order chi connectivity index (χ1) is 11.9. The molecule has 2 aromatic heterocycles. The van der Waals surface area contributed by atoms with Gasteiger partial charge in [-0.1, -0.05) is 18.2 Å². The van der Waals surface area contributed by atoms with E-state index >= 15 is 0 Å². The fourth-order valence-corrected chi connectivity index (χ4v) is 4.43. The van der Waals surface area contributed by atoms with E-state index in [1.807, 2.05) is 17.5 Å². The highest BCUT2D eigenvalue weighted by Crippen LogP contribution is 2.21. The fraction of sp³-hybridized carbons (Fsp3) is 0.400. The Bertz CT molecular complexity index is 754. The van der Waals surface area contributed by atoms with Gasteiger partial charge < -0.3 is 10.3 Å². The molecule has 0 bridgehead atoms. The Morgan fingerprint density at radius 2 is 2.04 bits per heavy atom. The molecule has 0 spiro atoms. The zero-order valence-corrected chi connectivity index (χ0v) is 14.8. The monoisotopic (exact) mass is 339 g/mol. The number of thiophene rings is 1. The Labute approximate surface area is 147 Å². The van der Waals surface area contributed by atoms with Gasteiger partial charge in [0, 0.05) is 35.1 Å². The number of H-pyrrole nitrogens is 1. The van der Waals surface area contributed by atoms with E-state index in [4.69, 9.17) is 0 Å². The first-order valence-electron chi connectivity index (χ1n) is 8.89. The van der Waals surface area contributed by atoms with Gasteiger partial charge in [0.1, 0.15) is 0 Å². The summed E-state index contributed by atoms with van der Waals surface area (Å²) in [5, 5.41) is 7.20. The Balaban J connectivity index is 1.22. The minimum absolute atomic E-state index is 0.815. The Morgan fingerprint density at radius 1 is 1.12 bits per heavy atom. The lowest BCUT2D eigenvalue weighted by Gasteiger charge is -2.31. The highest BCUT2D eigenvalue weighted by atomic mass is 32.1. The highest BCUT2D eigenvalue weighted by molar-refractivity contribution is 7.09. The zero-order chi connectivity index (χ0) is 16.2. The van der Waals surface area contributed by atoms with Crippen LogP contribution in [-0.2, 0) is 13.1 Å². The molecule has 0 amide bonds. The van der Waals surface area contributed by atoms with Crippen molar-refractivity contribution in [3.8, 4) is 0 Å². The Hall–Kier alpha value is -1.62. The predicted molar refractivity (Wildman–Crippen MR) is 102 cm³/mol. The molecule has 1 fully saturated rings. The van der Waals surface area contributed by atoms with Crippen molar-refractivity contribution in [2.75, 3.05) is 19.6 Å². The number of benzene rings is 1. The van der Waals surface area contributed by atoms with Crippen molar-refractivity contribution in [1.82, 2.24) is 15.2 Å². The zero-order valence-electron chi connectivity index (χ0n) is 14.0. The van der Waals surface area contributed by atoms with Gasteiger partial charge in [-0.05, 0) is 67.5 Å². The second-order valence-electron chi connectivity index (χ2n) is 6.79. The summed E-state index contributed by atoms with van der Waals surface area (Å²) >= 11 is 1.87. The van der Waals surface area contributed by atoms with Gasteiger partial charge in [-0.2, -0.15) is 0 Å². The van der Waals surface area contributed by atoms with Crippen LogP contribution in [0.15, 0.2) is 48.0 Å². The maximum absolute atomic E-state index is 3.68. The fourth-order valence-electron chi connectivity index (χ4n) is 3.69. The van der Waals surface area contributed by atoms with E-state index in [2.05, 4.69) is 57.0 Å². The van der Waals surface area contributed by atoms with Crippen molar-refractivity contribution in [3.63, 3.8) is 0 Å². The van der Waals surface area contributed by atoms with Crippen molar-refractivity contribution in [2.24, 2.45) is 5.92 Å². The van der Waals surface area contributed by atoms with Crippen LogP contribution in [0.2, 0.25) is 0 Å². The van der Waals surface area contributed by atoms with Crippen LogP contribution in [0.4, 0.5) is 0 Å². The number of rotatable bonds is 6. The van der Waals surface area contributed by atoms with Crippen LogP contribution in [0, 0.1) is 5.92 Å². The van der Waals surface area contributed by atoms with Crippen LogP contribution in [0.1, 0.15) is 23.3 Å². The van der Waals surface area contributed by atoms with E-state index in [-0.39, 0.29) is 0 Å². The van der Waals surface area contributed by atoms with Gasteiger partial charge >= 0.3 is 0 Å². The number of aromatic amines is 1. The van der Waals surface area contributed by atoms with Gasteiger partial charge in [0.15, 0.2) is 0 Å². The summed E-state index contributed by atoms with van der Waals surface area (Å²) in [7, 11) is 0. The van der Waals surface area contributed by atoms with E-state index in [0.29, 0.717) is 0 Å². The molecule has 24 heavy (non-hydrogen) atoms. The lowest BCUT2D eigenvalue weighted by molar-refractivity contribution is 0.176. The molecule has 4 rings (SSSR count). The molecule has 2 N–H and O–H groups in total. The van der Waals surface area contributed by atoms with Gasteiger partial charge in [0.05, 0.1) is 0 Å². The number of nitrogens with one attached hydrogen (secondary N) is 2. The smallest absolute Gasteiger partial charge is 0.0457 e. The third-order valence-corrected chi connectivity index (χ3v) is 5.96. The van der Waals surface area contributed by atoms with Gasteiger partial charge in [-0.25, -0.2) is 0 Å². The lowest BCUT2D eigenvalue weighted by Crippen LogP contribution is -2.36. The molecule has 3 aromatic rings. The van der Waals surface area contributed by atoms with E-state index in [0.717, 1.165) is 25.6 Å². The third kappa shape index (κ3) is 3.72. The first kappa shape index (κ1) is 15.9. The van der Waals surface area contributed by atoms with Crippen molar-refractivity contribution in [3.05, 3.63) is 58.4 Å². The van der Waals surface area contributed by atoms with Crippen molar-refractivity contribution >= 4 is 22.2 Å². The molecular weight excluding hydrogens is 314 g/mol. The molecule has 0 radical (unpaired) electrons. The van der Waals surface area contributed by atoms with Crippen LogP contribution in [0.25, 0.3) is 10.9 Å². The van der Waals surface area contributed by atoms with Crippen LogP contribution in [0.5, 0.6) is 0 Å². The summed E-state index contributed by atoms with van der Waals surface area (Å²) in [6.45, 7) is 5.70. The average Bonchev–Trinajstić information content (AvgIpc) is 3.28. The Kier molecular flexibility index (Phi) is 4.97. The second kappa shape index (κ2) is 7.51. The molecule has 1 aromatic carbocycles. The molecule has 1 aliphatic heterocycles. The number of fused-ring (bicyclic) bond motifs is 1. The minimum Gasteiger partial charge on any atom is -0.361 e. The molecular formula is C20H25N3S. The summed E-state index contributed by atoms with van der Waals surface area (Å²) in [4.78, 5) is 7.38. The summed E-state index contributed by atoms with van der Waals surface area (Å²) in [5.74, 6) is 0.815. The summed E-state index contributed by atoms with van der Waals surface area (Å²) in [5.41, 5.74) is 2.63. The van der Waals surface area contributed by atoms with E-state index in [9.17, 15) is 0 Å². The number of likely N-dealkylation sites (tertiary alicyclic amines) is 1. The third-order valence-electron chi connectivity index (χ3n) is 5.10. The SMILES string of the molecule is c1csc(CN2CCC(CNCc3cccc4[nH]ccc34)CC2)c1. The molecule has 1 aliphatic rings. The van der Waals surface area contributed by atoms with Gasteiger partial charge in [0.2, 0.25) is 0 Å². The highest BCUT2D eigenvalue weighted by Gasteiger charge is 2.19. The van der Waals surface area contributed by atoms with E-state index in [1.165, 1.54) is 47.3 Å². The first-order valence-corrected chi connectivity index (χ1v) is 9.77. The molecule has 0 aliphatic carbocycles. The van der Waals surface area contributed by atoms with Crippen LogP contribution < -0.4 is 5.32 Å². The van der Waals surface area contributed by atoms with Crippen molar-refractivity contribution < 1.29 is 0 Å². The second-order valence-corrected chi connectivity index (χ2v) is 7.82. The van der Waals surface area contributed by atoms with E-state index < -0.39 is 0 Å². The quantitative estimate of drug-likeness (QED) is 0.704. The largest absolute Gasteiger partial charge is 0.361 e. The number of hydrogen-bond donors (Lipinski definition) is 2. The number of hydrogen-bond acceptors (Lipinski definition) is 3. The summed E-state index contributed by atoms with van der Waals surface area (Å²) < 4.78 is 0. The summed E-state index contributed by atoms with van der Waals surface area (Å²) in [6, 6.07) is 13.1. The van der Waals surface area contributed by atoms with Gasteiger partial charge in [-0.3, -0.25) is 4.90 Å². The molecule has 0 unspecified atom stereocenters. The maximum atomic E-state index is 3.68. The average molecular weight is 340 g/mol. The van der Waals surface area contributed by atoms with Crippen molar-refractivity contribution in [1.29, 1.82) is 0 Å². The molecule has 0 atom stereocenters. The topological polar surface area (TPSA) is 31.1 Å². The molecule has 3 heterocycles. The predicted octanol–water partition coefficient (Wildman–Crippen LogP) is 4.23. The standard InChI is InChI=1S/C20H25N3S/c1-3-17(19-6-9-22-20(19)5-1)14-21-13-16-7-10-23(11-8-16)15-18-4-2-12-24-18/h1-6,9,12,16,21-22H,7-8,10-11,13-15H2. The van der Waals surface area contributed by atoms with Crippen LogP contribution >= 0.6 is 11.3 Å². The van der Waals surface area contributed by atoms with Gasteiger partial charge in [-0.15, -0.1) is 11.3 Å². The minimum atomic E-state index is 0.815. The molecule has 126 valence electrons. The van der Waals surface area contributed by atoms with E-state index in [1.54, 1.807) is 0 Å². The van der Waals surface area contributed by atoms with Crippen LogP contribution in [-0.4, -0.2) is 29.5 Å². The number of piperidine rings is 1. The molecule has 0 saturated carbocycles. The normalized spacial score (nSPS) is 16.8. The van der Waals surface area contributed by atoms with Gasteiger partial charge in [0.25, 0.3) is 0 Å². The lowest BCUT2D eigenvalue weighted by atomic mass is 9.96. The maximum Gasteiger partial charge on any atom is 0.0457 e. The van der Waals surface area contributed by atoms with Crippen LogP contribution in [0.3, 0.4) is 0 Å². The number of aromatic nitrogens is 1. The molecule has 1 saturated heterocycles. The molecule has 4 heteroatoms.